The maximum atomic E-state index is 13.6. The second-order valence-electron chi connectivity index (χ2n) is 9.42. The number of carbonyl (C=O) groups excluding carboxylic acids is 1. The molecule has 3 aromatic rings. The van der Waals surface area contributed by atoms with Gasteiger partial charge in [0.05, 0.1) is 17.5 Å². The molecule has 0 saturated carbocycles. The van der Waals surface area contributed by atoms with Crippen LogP contribution in [0.1, 0.15) is 35.9 Å². The first-order valence-electron chi connectivity index (χ1n) is 12.0. The molecule has 2 aromatic carbocycles. The lowest BCUT2D eigenvalue weighted by Crippen LogP contribution is -2.48. The highest BCUT2D eigenvalue weighted by molar-refractivity contribution is 7.89. The van der Waals surface area contributed by atoms with Crippen molar-refractivity contribution in [3.05, 3.63) is 81.8 Å². The minimum Gasteiger partial charge on any atom is -0.491 e. The third-order valence-corrected chi connectivity index (χ3v) is 9.00. The Morgan fingerprint density at radius 1 is 1.14 bits per heavy atom. The van der Waals surface area contributed by atoms with Gasteiger partial charge < -0.3 is 9.64 Å². The number of amides is 1. The van der Waals surface area contributed by atoms with Crippen molar-refractivity contribution in [2.24, 2.45) is 5.92 Å². The largest absolute Gasteiger partial charge is 0.491 e. The average molecular weight is 531 g/mol. The molecule has 0 fully saturated rings. The second kappa shape index (κ2) is 11.1. The van der Waals surface area contributed by atoms with E-state index in [1.165, 1.54) is 21.3 Å². The van der Waals surface area contributed by atoms with Crippen LogP contribution >= 0.6 is 11.3 Å². The van der Waals surface area contributed by atoms with Crippen molar-refractivity contribution >= 4 is 27.3 Å². The Labute approximate surface area is 216 Å². The molecule has 36 heavy (non-hydrogen) atoms. The molecule has 1 amide bonds. The van der Waals surface area contributed by atoms with Crippen LogP contribution in [0.25, 0.3) is 0 Å². The molecular formula is C27H31FN2O4S2. The van der Waals surface area contributed by atoms with Gasteiger partial charge >= 0.3 is 0 Å². The minimum absolute atomic E-state index is 0.0421. The van der Waals surface area contributed by atoms with Crippen molar-refractivity contribution in [1.29, 1.82) is 0 Å². The number of nitrogens with zero attached hydrogens (tertiary/aromatic N) is 2. The molecule has 0 aliphatic carbocycles. The summed E-state index contributed by atoms with van der Waals surface area (Å²) in [7, 11) is -3.85. The highest BCUT2D eigenvalue weighted by atomic mass is 32.2. The predicted octanol–water partition coefficient (Wildman–Crippen LogP) is 5.05. The van der Waals surface area contributed by atoms with Crippen LogP contribution in [0.2, 0.25) is 0 Å². The Morgan fingerprint density at radius 3 is 2.50 bits per heavy atom. The van der Waals surface area contributed by atoms with E-state index in [1.807, 2.05) is 32.2 Å². The number of ether oxygens (including phenoxy) is 1. The summed E-state index contributed by atoms with van der Waals surface area (Å²) >= 11 is 1.64. The smallest absolute Gasteiger partial charge is 0.243 e. The number of hydrogen-bond acceptors (Lipinski definition) is 5. The van der Waals surface area contributed by atoms with Crippen LogP contribution in [0, 0.1) is 18.7 Å². The molecule has 1 aliphatic rings. The van der Waals surface area contributed by atoms with Crippen LogP contribution in [0.15, 0.2) is 64.9 Å². The maximum absolute atomic E-state index is 13.6. The van der Waals surface area contributed by atoms with Gasteiger partial charge in [0.15, 0.2) is 0 Å². The van der Waals surface area contributed by atoms with E-state index >= 15 is 0 Å². The van der Waals surface area contributed by atoms with Crippen molar-refractivity contribution in [3.8, 4) is 5.75 Å². The molecule has 0 N–H and O–H groups in total. The minimum atomic E-state index is -3.85. The number of fused-ring (bicyclic) bond motifs is 1. The summed E-state index contributed by atoms with van der Waals surface area (Å²) in [4.78, 5) is 16.7. The van der Waals surface area contributed by atoms with E-state index in [1.54, 1.807) is 52.6 Å². The van der Waals surface area contributed by atoms with E-state index in [4.69, 9.17) is 4.74 Å². The third kappa shape index (κ3) is 5.96. The Hall–Kier alpha value is -2.75. The van der Waals surface area contributed by atoms with Crippen molar-refractivity contribution in [2.75, 3.05) is 26.2 Å². The van der Waals surface area contributed by atoms with Crippen molar-refractivity contribution in [1.82, 2.24) is 9.21 Å². The number of carbonyl (C=O) groups is 1. The lowest BCUT2D eigenvalue weighted by Gasteiger charge is -2.37. The van der Waals surface area contributed by atoms with Crippen LogP contribution in [-0.2, 0) is 21.2 Å². The van der Waals surface area contributed by atoms with Crippen LogP contribution < -0.4 is 4.74 Å². The van der Waals surface area contributed by atoms with Crippen molar-refractivity contribution < 1.29 is 22.3 Å². The maximum Gasteiger partial charge on any atom is 0.243 e. The Kier molecular flexibility index (Phi) is 8.12. The summed E-state index contributed by atoms with van der Waals surface area (Å²) < 4.78 is 47.5. The highest BCUT2D eigenvalue weighted by Gasteiger charge is 2.35. The van der Waals surface area contributed by atoms with Gasteiger partial charge in [0, 0.05) is 18.0 Å². The molecule has 6 nitrogen and oxygen atoms in total. The van der Waals surface area contributed by atoms with E-state index in [-0.39, 0.29) is 48.3 Å². The van der Waals surface area contributed by atoms with E-state index < -0.39 is 10.0 Å². The van der Waals surface area contributed by atoms with Gasteiger partial charge in [-0.25, -0.2) is 12.8 Å². The summed E-state index contributed by atoms with van der Waals surface area (Å²) in [5.41, 5.74) is 1.97. The first-order valence-corrected chi connectivity index (χ1v) is 14.3. The Balaban J connectivity index is 1.57. The van der Waals surface area contributed by atoms with Crippen molar-refractivity contribution in [3.63, 3.8) is 0 Å². The normalized spacial score (nSPS) is 15.8. The molecule has 0 radical (unpaired) electrons. The topological polar surface area (TPSA) is 66.9 Å². The number of aryl methyl sites for hydroxylation is 1. The van der Waals surface area contributed by atoms with E-state index in [2.05, 4.69) is 0 Å². The van der Waals surface area contributed by atoms with Gasteiger partial charge in [0.1, 0.15) is 18.2 Å². The molecule has 192 valence electrons. The first kappa shape index (κ1) is 26.3. The van der Waals surface area contributed by atoms with Crippen LogP contribution in [0.3, 0.4) is 0 Å². The zero-order valence-corrected chi connectivity index (χ0v) is 22.3. The molecule has 1 aliphatic heterocycles. The Morgan fingerprint density at radius 2 is 1.83 bits per heavy atom. The zero-order chi connectivity index (χ0) is 25.9. The summed E-state index contributed by atoms with van der Waals surface area (Å²) in [6.45, 7) is 6.41. The van der Waals surface area contributed by atoms with Gasteiger partial charge in [-0.15, -0.1) is 11.3 Å². The predicted molar refractivity (Wildman–Crippen MR) is 139 cm³/mol. The lowest BCUT2D eigenvalue weighted by molar-refractivity contribution is -0.135. The van der Waals surface area contributed by atoms with E-state index in [9.17, 15) is 17.6 Å². The monoisotopic (exact) mass is 530 g/mol. The number of sulfonamides is 1. The van der Waals surface area contributed by atoms with Gasteiger partial charge in [0.2, 0.25) is 15.9 Å². The molecular weight excluding hydrogens is 499 g/mol. The summed E-state index contributed by atoms with van der Waals surface area (Å²) in [6.07, 6.45) is 0.709. The fourth-order valence-electron chi connectivity index (χ4n) is 4.34. The van der Waals surface area contributed by atoms with Crippen LogP contribution in [-0.4, -0.2) is 49.8 Å². The van der Waals surface area contributed by atoms with Gasteiger partial charge in [-0.3, -0.25) is 4.79 Å². The molecule has 0 spiro atoms. The number of halogens is 1. The van der Waals surface area contributed by atoms with Crippen molar-refractivity contribution in [2.45, 2.75) is 38.1 Å². The summed E-state index contributed by atoms with van der Waals surface area (Å²) in [6, 6.07) is 14.1. The molecule has 0 unspecified atom stereocenters. The fraction of sp³-hybridized carbons (Fsp3) is 0.370. The molecule has 2 heterocycles. The lowest BCUT2D eigenvalue weighted by atomic mass is 10.0. The van der Waals surface area contributed by atoms with Gasteiger partial charge in [0.25, 0.3) is 0 Å². The van der Waals surface area contributed by atoms with Crippen LogP contribution in [0.4, 0.5) is 4.39 Å². The first-order chi connectivity index (χ1) is 17.1. The van der Waals surface area contributed by atoms with Gasteiger partial charge in [-0.05, 0) is 72.7 Å². The SMILES string of the molecule is Cc1ccc(S(=O)(=O)N(CC(=O)N2CCc3sccc3[C@H]2COc2ccc(F)cc2)CC(C)C)cc1. The highest BCUT2D eigenvalue weighted by Crippen LogP contribution is 2.34. The van der Waals surface area contributed by atoms with Crippen LogP contribution in [0.5, 0.6) is 5.75 Å². The number of thiophene rings is 1. The second-order valence-corrected chi connectivity index (χ2v) is 12.4. The zero-order valence-electron chi connectivity index (χ0n) is 20.7. The molecule has 4 rings (SSSR count). The molecule has 1 atom stereocenters. The molecule has 1 aromatic heterocycles. The van der Waals surface area contributed by atoms with Gasteiger partial charge in [-0.2, -0.15) is 4.31 Å². The Bertz CT molecular complexity index is 1290. The third-order valence-electron chi connectivity index (χ3n) is 6.18. The quantitative estimate of drug-likeness (QED) is 0.389. The van der Waals surface area contributed by atoms with E-state index in [0.717, 1.165) is 11.1 Å². The van der Waals surface area contributed by atoms with Gasteiger partial charge in [-0.1, -0.05) is 31.5 Å². The fourth-order valence-corrected chi connectivity index (χ4v) is 6.82. The number of rotatable bonds is 9. The molecule has 9 heteroatoms. The standard InChI is InChI=1S/C27H31FN2O4S2/c1-19(2)16-29(36(32,33)23-10-4-20(3)5-11-23)17-27(31)30-14-12-26-24(13-15-35-26)25(30)18-34-22-8-6-21(28)7-9-22/h4-11,13,15,19,25H,12,14,16-18H2,1-3H3/t25-/m1/s1. The summed E-state index contributed by atoms with van der Waals surface area (Å²) in [5.74, 6) is -0.0668. The average Bonchev–Trinajstić information content (AvgIpc) is 3.32. The number of hydrogen-bond donors (Lipinski definition) is 0. The molecule has 0 saturated heterocycles. The van der Waals surface area contributed by atoms with E-state index in [0.29, 0.717) is 18.7 Å². The summed E-state index contributed by atoms with van der Waals surface area (Å²) in [5, 5.41) is 2.00. The molecule has 0 bridgehead atoms. The number of benzene rings is 2.